The zero-order valence-corrected chi connectivity index (χ0v) is 9.78. The molecule has 84 valence electrons. The van der Waals surface area contributed by atoms with E-state index in [-0.39, 0.29) is 5.69 Å². The van der Waals surface area contributed by atoms with Crippen molar-refractivity contribution in [2.75, 3.05) is 12.4 Å². The van der Waals surface area contributed by atoms with Crippen molar-refractivity contribution in [2.24, 2.45) is 0 Å². The number of anilines is 1. The number of nitrogens with zero attached hydrogens (tertiary/aromatic N) is 4. The molecule has 0 aliphatic heterocycles. The standard InChI is InChI=1S/C9H11N5OS/c1-6-3-11-9(15)14(4-6)5-7-12-13-8(10-2)16-7/h3-4H,5H2,1-2H3,(H,10,13). The van der Waals surface area contributed by atoms with Crippen molar-refractivity contribution in [3.63, 3.8) is 0 Å². The Morgan fingerprint density at radius 3 is 3.00 bits per heavy atom. The molecule has 0 amide bonds. The number of rotatable bonds is 3. The van der Waals surface area contributed by atoms with Crippen LogP contribution in [0.2, 0.25) is 0 Å². The molecular formula is C9H11N5OS. The van der Waals surface area contributed by atoms with Gasteiger partial charge in [-0.1, -0.05) is 11.3 Å². The van der Waals surface area contributed by atoms with Crippen LogP contribution in [0.5, 0.6) is 0 Å². The van der Waals surface area contributed by atoms with E-state index in [1.807, 2.05) is 6.92 Å². The average molecular weight is 237 g/mol. The second kappa shape index (κ2) is 4.40. The van der Waals surface area contributed by atoms with Crippen molar-refractivity contribution in [3.05, 3.63) is 33.4 Å². The zero-order valence-electron chi connectivity index (χ0n) is 8.97. The van der Waals surface area contributed by atoms with Crippen molar-refractivity contribution in [2.45, 2.75) is 13.5 Å². The summed E-state index contributed by atoms with van der Waals surface area (Å²) in [4.78, 5) is 15.2. The molecule has 1 N–H and O–H groups in total. The third-order valence-electron chi connectivity index (χ3n) is 1.97. The monoisotopic (exact) mass is 237 g/mol. The van der Waals surface area contributed by atoms with E-state index in [2.05, 4.69) is 20.5 Å². The molecule has 0 spiro atoms. The molecule has 0 aromatic carbocycles. The largest absolute Gasteiger partial charge is 0.363 e. The maximum Gasteiger partial charge on any atom is 0.347 e. The Balaban J connectivity index is 2.26. The fraction of sp³-hybridized carbons (Fsp3) is 0.333. The second-order valence-electron chi connectivity index (χ2n) is 3.29. The summed E-state index contributed by atoms with van der Waals surface area (Å²) in [6, 6.07) is 0. The highest BCUT2D eigenvalue weighted by atomic mass is 32.1. The third kappa shape index (κ3) is 2.25. The van der Waals surface area contributed by atoms with Crippen LogP contribution in [0.3, 0.4) is 0 Å². The van der Waals surface area contributed by atoms with E-state index in [4.69, 9.17) is 0 Å². The highest BCUT2D eigenvalue weighted by molar-refractivity contribution is 7.15. The minimum absolute atomic E-state index is 0.271. The SMILES string of the molecule is CNc1nnc(Cn2cc(C)cnc2=O)s1. The van der Waals surface area contributed by atoms with Gasteiger partial charge in [0.15, 0.2) is 0 Å². The van der Waals surface area contributed by atoms with E-state index in [9.17, 15) is 4.79 Å². The van der Waals surface area contributed by atoms with E-state index < -0.39 is 0 Å². The molecule has 2 aromatic heterocycles. The maximum atomic E-state index is 11.4. The van der Waals surface area contributed by atoms with Gasteiger partial charge in [-0.3, -0.25) is 4.57 Å². The van der Waals surface area contributed by atoms with Gasteiger partial charge in [-0.15, -0.1) is 10.2 Å². The van der Waals surface area contributed by atoms with Gasteiger partial charge in [0.25, 0.3) is 0 Å². The number of hydrogen-bond acceptors (Lipinski definition) is 6. The molecule has 16 heavy (non-hydrogen) atoms. The molecule has 0 bridgehead atoms. The molecule has 6 nitrogen and oxygen atoms in total. The molecule has 2 rings (SSSR count). The lowest BCUT2D eigenvalue weighted by molar-refractivity contribution is 0.710. The maximum absolute atomic E-state index is 11.4. The first-order valence-corrected chi connectivity index (χ1v) is 5.54. The lowest BCUT2D eigenvalue weighted by Crippen LogP contribution is -2.22. The van der Waals surface area contributed by atoms with Gasteiger partial charge < -0.3 is 5.32 Å². The highest BCUT2D eigenvalue weighted by Crippen LogP contribution is 2.14. The number of hydrogen-bond donors (Lipinski definition) is 1. The quantitative estimate of drug-likeness (QED) is 0.841. The van der Waals surface area contributed by atoms with Crippen LogP contribution in [0.4, 0.5) is 5.13 Å². The van der Waals surface area contributed by atoms with Crippen LogP contribution in [0.15, 0.2) is 17.2 Å². The van der Waals surface area contributed by atoms with E-state index >= 15 is 0 Å². The second-order valence-corrected chi connectivity index (χ2v) is 4.35. The number of aryl methyl sites for hydroxylation is 1. The highest BCUT2D eigenvalue weighted by Gasteiger charge is 2.05. The van der Waals surface area contributed by atoms with Gasteiger partial charge in [0.1, 0.15) is 5.01 Å². The van der Waals surface area contributed by atoms with Gasteiger partial charge in [0.05, 0.1) is 6.54 Å². The molecule has 0 fully saturated rings. The molecule has 0 aliphatic carbocycles. The normalized spacial score (nSPS) is 10.4. The van der Waals surface area contributed by atoms with E-state index in [1.165, 1.54) is 15.9 Å². The van der Waals surface area contributed by atoms with Crippen molar-refractivity contribution in [1.82, 2.24) is 19.7 Å². The van der Waals surface area contributed by atoms with Gasteiger partial charge in [-0.05, 0) is 12.5 Å². The Morgan fingerprint density at radius 2 is 2.31 bits per heavy atom. The summed E-state index contributed by atoms with van der Waals surface area (Å²) in [5.74, 6) is 0. The minimum atomic E-state index is -0.271. The number of aromatic nitrogens is 4. The molecule has 0 saturated heterocycles. The van der Waals surface area contributed by atoms with Crippen LogP contribution in [-0.2, 0) is 6.54 Å². The summed E-state index contributed by atoms with van der Waals surface area (Å²) >= 11 is 1.42. The van der Waals surface area contributed by atoms with Gasteiger partial charge in [0.2, 0.25) is 5.13 Å². The minimum Gasteiger partial charge on any atom is -0.363 e. The van der Waals surface area contributed by atoms with Gasteiger partial charge in [0, 0.05) is 19.4 Å². The summed E-state index contributed by atoms with van der Waals surface area (Å²) in [7, 11) is 1.78. The van der Waals surface area contributed by atoms with Crippen LogP contribution < -0.4 is 11.0 Å². The topological polar surface area (TPSA) is 72.7 Å². The van der Waals surface area contributed by atoms with E-state index in [1.54, 1.807) is 19.4 Å². The van der Waals surface area contributed by atoms with Crippen LogP contribution in [0.25, 0.3) is 0 Å². The van der Waals surface area contributed by atoms with E-state index in [0.29, 0.717) is 6.54 Å². The summed E-state index contributed by atoms with van der Waals surface area (Å²) in [5, 5.41) is 12.3. The molecule has 0 radical (unpaired) electrons. The molecule has 0 saturated carbocycles. The molecule has 0 aliphatic rings. The van der Waals surface area contributed by atoms with Gasteiger partial charge >= 0.3 is 5.69 Å². The van der Waals surface area contributed by atoms with Crippen LogP contribution >= 0.6 is 11.3 Å². The predicted molar refractivity (Wildman–Crippen MR) is 61.8 cm³/mol. The van der Waals surface area contributed by atoms with Crippen molar-refractivity contribution < 1.29 is 0 Å². The molecule has 0 atom stereocenters. The summed E-state index contributed by atoms with van der Waals surface area (Å²) in [6.45, 7) is 2.30. The van der Waals surface area contributed by atoms with Gasteiger partial charge in [-0.25, -0.2) is 9.78 Å². The molecule has 7 heteroatoms. The molecule has 0 unspecified atom stereocenters. The molecule has 2 heterocycles. The zero-order chi connectivity index (χ0) is 11.5. The molecular weight excluding hydrogens is 226 g/mol. The first-order valence-electron chi connectivity index (χ1n) is 4.72. The first kappa shape index (κ1) is 10.7. The van der Waals surface area contributed by atoms with Gasteiger partial charge in [-0.2, -0.15) is 0 Å². The lowest BCUT2D eigenvalue weighted by atomic mass is 10.4. The summed E-state index contributed by atoms with van der Waals surface area (Å²) in [6.07, 6.45) is 3.31. The average Bonchev–Trinajstić information content (AvgIpc) is 2.71. The fourth-order valence-electron chi connectivity index (χ4n) is 1.24. The van der Waals surface area contributed by atoms with Crippen molar-refractivity contribution in [3.8, 4) is 0 Å². The summed E-state index contributed by atoms with van der Waals surface area (Å²) in [5.41, 5.74) is 0.671. The lowest BCUT2D eigenvalue weighted by Gasteiger charge is -2.01. The summed E-state index contributed by atoms with van der Waals surface area (Å²) < 4.78 is 1.52. The third-order valence-corrected chi connectivity index (χ3v) is 2.90. The Hall–Kier alpha value is -1.76. The fourth-order valence-corrected chi connectivity index (χ4v) is 1.94. The van der Waals surface area contributed by atoms with E-state index in [0.717, 1.165) is 15.7 Å². The van der Waals surface area contributed by atoms with Crippen molar-refractivity contribution >= 4 is 16.5 Å². The predicted octanol–water partition coefficient (Wildman–Crippen LogP) is 0.493. The van der Waals surface area contributed by atoms with Crippen molar-refractivity contribution in [1.29, 1.82) is 0 Å². The first-order chi connectivity index (χ1) is 7.69. The Kier molecular flexibility index (Phi) is 2.95. The molecule has 2 aromatic rings. The number of nitrogens with one attached hydrogen (secondary N) is 1. The van der Waals surface area contributed by atoms with Crippen LogP contribution in [-0.4, -0.2) is 26.8 Å². The Morgan fingerprint density at radius 1 is 1.50 bits per heavy atom. The smallest absolute Gasteiger partial charge is 0.347 e. The van der Waals surface area contributed by atoms with Crippen LogP contribution in [0, 0.1) is 6.92 Å². The van der Waals surface area contributed by atoms with Crippen LogP contribution in [0.1, 0.15) is 10.6 Å². The Bertz CT molecular complexity index is 547. The Labute approximate surface area is 96.0 Å².